The van der Waals surface area contributed by atoms with Crippen LogP contribution < -0.4 is 0 Å². The molecule has 1 aromatic carbocycles. The third-order valence-corrected chi connectivity index (χ3v) is 1.52. The molecule has 0 heterocycles. The van der Waals surface area contributed by atoms with E-state index in [2.05, 4.69) is 5.18 Å². The van der Waals surface area contributed by atoms with E-state index in [0.29, 0.717) is 0 Å². The van der Waals surface area contributed by atoms with Crippen molar-refractivity contribution in [3.63, 3.8) is 0 Å². The van der Waals surface area contributed by atoms with Crippen LogP contribution in [0.4, 0.5) is 22.0 Å². The van der Waals surface area contributed by atoms with Gasteiger partial charge in [-0.25, -0.2) is 22.0 Å². The molecule has 0 aliphatic heterocycles. The molecule has 0 fully saturated rings. The first-order valence-corrected chi connectivity index (χ1v) is 3.30. The molecule has 76 valence electrons. The molecule has 0 atom stereocenters. The van der Waals surface area contributed by atoms with Crippen LogP contribution in [0.1, 0.15) is 5.56 Å². The van der Waals surface area contributed by atoms with Crippen LogP contribution in [0.2, 0.25) is 0 Å². The van der Waals surface area contributed by atoms with Crippen molar-refractivity contribution in [1.82, 2.24) is 0 Å². The normalized spacial score (nSPS) is 10.4. The Morgan fingerprint density at radius 3 is 1.50 bits per heavy atom. The fourth-order valence-corrected chi connectivity index (χ4v) is 0.854. The van der Waals surface area contributed by atoms with Crippen molar-refractivity contribution < 1.29 is 22.0 Å². The van der Waals surface area contributed by atoms with Gasteiger partial charge in [0.1, 0.15) is 6.54 Å². The van der Waals surface area contributed by atoms with E-state index in [1.165, 1.54) is 0 Å². The largest absolute Gasteiger partial charge is 0.203 e. The summed E-state index contributed by atoms with van der Waals surface area (Å²) in [4.78, 5) is 9.66. The Bertz CT molecular complexity index is 363. The first-order chi connectivity index (χ1) is 6.50. The summed E-state index contributed by atoms with van der Waals surface area (Å²) in [6, 6.07) is 0. The standard InChI is InChI=1S/C7H2F5NO/c8-3-2(1-13-14)4(9)6(11)7(12)5(3)10/h1H2. The van der Waals surface area contributed by atoms with Crippen molar-refractivity contribution in [3.05, 3.63) is 39.6 Å². The number of benzene rings is 1. The summed E-state index contributed by atoms with van der Waals surface area (Å²) in [6.45, 7) is -1.11. The van der Waals surface area contributed by atoms with E-state index in [0.717, 1.165) is 0 Å². The average molecular weight is 211 g/mol. The van der Waals surface area contributed by atoms with Crippen LogP contribution in [0, 0.1) is 34.0 Å². The molecule has 0 spiro atoms. The Morgan fingerprint density at radius 2 is 1.14 bits per heavy atom. The Morgan fingerprint density at radius 1 is 0.786 bits per heavy atom. The van der Waals surface area contributed by atoms with Gasteiger partial charge >= 0.3 is 0 Å². The van der Waals surface area contributed by atoms with E-state index in [1.54, 1.807) is 0 Å². The highest BCUT2D eigenvalue weighted by Gasteiger charge is 2.25. The van der Waals surface area contributed by atoms with Crippen molar-refractivity contribution in [2.45, 2.75) is 6.54 Å². The zero-order valence-electron chi connectivity index (χ0n) is 6.45. The van der Waals surface area contributed by atoms with Gasteiger partial charge in [0.15, 0.2) is 23.3 Å². The molecule has 0 aromatic heterocycles. The molecular weight excluding hydrogens is 209 g/mol. The van der Waals surface area contributed by atoms with E-state index < -0.39 is 41.2 Å². The molecule has 1 rings (SSSR count). The molecule has 0 unspecified atom stereocenters. The first-order valence-electron chi connectivity index (χ1n) is 3.30. The van der Waals surface area contributed by atoms with Gasteiger partial charge in [0.05, 0.1) is 5.56 Å². The van der Waals surface area contributed by atoms with Gasteiger partial charge in [0.2, 0.25) is 5.82 Å². The lowest BCUT2D eigenvalue weighted by atomic mass is 10.1. The number of halogens is 5. The van der Waals surface area contributed by atoms with Crippen molar-refractivity contribution in [3.8, 4) is 0 Å². The van der Waals surface area contributed by atoms with Gasteiger partial charge in [-0.2, -0.15) is 4.91 Å². The summed E-state index contributed by atoms with van der Waals surface area (Å²) >= 11 is 0. The van der Waals surface area contributed by atoms with Crippen molar-refractivity contribution in [1.29, 1.82) is 0 Å². The maximum Gasteiger partial charge on any atom is 0.200 e. The first kappa shape index (κ1) is 10.6. The van der Waals surface area contributed by atoms with Gasteiger partial charge in [-0.3, -0.25) is 0 Å². The van der Waals surface area contributed by atoms with E-state index in [-0.39, 0.29) is 0 Å². The SMILES string of the molecule is O=NCc1c(F)c(F)c(F)c(F)c1F. The zero-order valence-corrected chi connectivity index (χ0v) is 6.45. The molecular formula is C7H2F5NO. The highest BCUT2D eigenvalue weighted by molar-refractivity contribution is 5.23. The van der Waals surface area contributed by atoms with Gasteiger partial charge in [0, 0.05) is 0 Å². The quantitative estimate of drug-likeness (QED) is 0.320. The van der Waals surface area contributed by atoms with Gasteiger partial charge in [-0.05, 0) is 0 Å². The number of nitroso groups, excluding NO2 is 1. The highest BCUT2D eigenvalue weighted by atomic mass is 19.2. The molecule has 0 N–H and O–H groups in total. The number of hydrogen-bond donors (Lipinski definition) is 0. The van der Waals surface area contributed by atoms with Crippen LogP contribution in [0.15, 0.2) is 5.18 Å². The Hall–Kier alpha value is -1.53. The van der Waals surface area contributed by atoms with E-state index in [4.69, 9.17) is 0 Å². The molecule has 0 aliphatic carbocycles. The third kappa shape index (κ3) is 1.45. The summed E-state index contributed by atoms with van der Waals surface area (Å²) < 4.78 is 62.6. The fourth-order valence-electron chi connectivity index (χ4n) is 0.854. The summed E-state index contributed by atoms with van der Waals surface area (Å²) in [6.07, 6.45) is 0. The molecule has 0 radical (unpaired) electrons. The molecule has 0 saturated carbocycles. The van der Waals surface area contributed by atoms with Gasteiger partial charge in [-0.1, -0.05) is 5.18 Å². The smallest absolute Gasteiger partial charge is 0.200 e. The summed E-state index contributed by atoms with van der Waals surface area (Å²) in [5.41, 5.74) is -1.23. The Balaban J connectivity index is 3.50. The molecule has 0 saturated heterocycles. The second-order valence-corrected chi connectivity index (χ2v) is 2.34. The lowest BCUT2D eigenvalue weighted by Gasteiger charge is -2.03. The molecule has 1 aromatic rings. The predicted molar refractivity (Wildman–Crippen MR) is 35.7 cm³/mol. The Kier molecular flexibility index (Phi) is 2.78. The number of rotatable bonds is 2. The maximum atomic E-state index is 12.7. The van der Waals surface area contributed by atoms with Gasteiger partial charge in [0.25, 0.3) is 0 Å². The van der Waals surface area contributed by atoms with E-state index >= 15 is 0 Å². The van der Waals surface area contributed by atoms with Crippen molar-refractivity contribution in [2.75, 3.05) is 0 Å². The third-order valence-electron chi connectivity index (χ3n) is 1.52. The fraction of sp³-hybridized carbons (Fsp3) is 0.143. The lowest BCUT2D eigenvalue weighted by Crippen LogP contribution is -2.06. The van der Waals surface area contributed by atoms with Crippen LogP contribution in [0.3, 0.4) is 0 Å². The van der Waals surface area contributed by atoms with Gasteiger partial charge in [-0.15, -0.1) is 0 Å². The number of hydrogen-bond acceptors (Lipinski definition) is 2. The second kappa shape index (κ2) is 3.69. The molecule has 0 bridgehead atoms. The topological polar surface area (TPSA) is 29.4 Å². The summed E-state index contributed by atoms with van der Waals surface area (Å²) in [7, 11) is 0. The second-order valence-electron chi connectivity index (χ2n) is 2.34. The minimum Gasteiger partial charge on any atom is -0.203 e. The average Bonchev–Trinajstić information content (AvgIpc) is 2.19. The lowest BCUT2D eigenvalue weighted by molar-refractivity contribution is 0.370. The molecule has 7 heteroatoms. The maximum absolute atomic E-state index is 12.7. The number of nitrogens with zero attached hydrogens (tertiary/aromatic N) is 1. The monoisotopic (exact) mass is 211 g/mol. The van der Waals surface area contributed by atoms with E-state index in [9.17, 15) is 26.9 Å². The predicted octanol–water partition coefficient (Wildman–Crippen LogP) is 2.65. The molecule has 0 aliphatic rings. The van der Waals surface area contributed by atoms with Crippen molar-refractivity contribution >= 4 is 0 Å². The molecule has 14 heavy (non-hydrogen) atoms. The van der Waals surface area contributed by atoms with Gasteiger partial charge < -0.3 is 0 Å². The van der Waals surface area contributed by atoms with Crippen LogP contribution in [0.25, 0.3) is 0 Å². The molecule has 2 nitrogen and oxygen atoms in total. The zero-order chi connectivity index (χ0) is 10.9. The van der Waals surface area contributed by atoms with Crippen LogP contribution >= 0.6 is 0 Å². The van der Waals surface area contributed by atoms with Crippen molar-refractivity contribution in [2.24, 2.45) is 5.18 Å². The van der Waals surface area contributed by atoms with E-state index in [1.807, 2.05) is 0 Å². The minimum absolute atomic E-state index is 1.11. The van der Waals surface area contributed by atoms with Crippen LogP contribution in [0.5, 0.6) is 0 Å². The summed E-state index contributed by atoms with van der Waals surface area (Å²) in [5, 5.41) is 2.05. The summed E-state index contributed by atoms with van der Waals surface area (Å²) in [5.74, 6) is -10.5. The Labute approximate surface area is 74.3 Å². The van der Waals surface area contributed by atoms with Crippen LogP contribution in [-0.4, -0.2) is 0 Å². The molecule has 0 amide bonds. The van der Waals surface area contributed by atoms with Crippen LogP contribution in [-0.2, 0) is 6.54 Å². The highest BCUT2D eigenvalue weighted by Crippen LogP contribution is 2.23. The minimum atomic E-state index is -2.25.